The van der Waals surface area contributed by atoms with Crippen molar-refractivity contribution in [3.8, 4) is 11.1 Å². The van der Waals surface area contributed by atoms with Crippen LogP contribution in [0.3, 0.4) is 0 Å². The Hall–Kier alpha value is -2.62. The van der Waals surface area contributed by atoms with Crippen molar-refractivity contribution in [3.63, 3.8) is 0 Å². The molecule has 0 bridgehead atoms. The Bertz CT molecular complexity index is 1030. The van der Waals surface area contributed by atoms with Crippen LogP contribution in [0.1, 0.15) is 48.5 Å². The van der Waals surface area contributed by atoms with Gasteiger partial charge in [0.15, 0.2) is 5.78 Å². The molecule has 4 rings (SSSR count). The first-order valence-corrected chi connectivity index (χ1v) is 10.1. The van der Waals surface area contributed by atoms with Crippen LogP contribution in [0.2, 0.25) is 0 Å². The number of carbonyl (C=O) groups excluding carboxylic acids is 1. The van der Waals surface area contributed by atoms with Gasteiger partial charge in [-0.25, -0.2) is 0 Å². The molecule has 1 aliphatic rings. The zero-order chi connectivity index (χ0) is 20.6. The number of halogens is 3. The average molecular weight is 396 g/mol. The predicted molar refractivity (Wildman–Crippen MR) is 110 cm³/mol. The zero-order valence-electron chi connectivity index (χ0n) is 16.3. The lowest BCUT2D eigenvalue weighted by molar-refractivity contribution is -0.137. The van der Waals surface area contributed by atoms with E-state index in [1.165, 1.54) is 25.0 Å². The van der Waals surface area contributed by atoms with Gasteiger partial charge in [-0.3, -0.25) is 4.79 Å². The molecule has 1 fully saturated rings. The molecule has 1 saturated carbocycles. The van der Waals surface area contributed by atoms with Gasteiger partial charge in [0, 0.05) is 12.0 Å². The fourth-order valence-electron chi connectivity index (χ4n) is 3.95. The average Bonchev–Trinajstić information content (AvgIpc) is 3.56. The lowest BCUT2D eigenvalue weighted by Gasteiger charge is -2.11. The summed E-state index contributed by atoms with van der Waals surface area (Å²) in [6, 6.07) is 16.5. The smallest absolute Gasteiger partial charge is 0.294 e. The summed E-state index contributed by atoms with van der Waals surface area (Å²) in [5.41, 5.74) is 1.62. The minimum absolute atomic E-state index is 0.152. The van der Waals surface area contributed by atoms with Crippen molar-refractivity contribution in [2.24, 2.45) is 11.8 Å². The highest BCUT2D eigenvalue weighted by Crippen LogP contribution is 2.39. The molecule has 0 heterocycles. The van der Waals surface area contributed by atoms with E-state index < -0.39 is 11.7 Å². The Morgan fingerprint density at radius 2 is 1.76 bits per heavy atom. The second-order valence-electron chi connectivity index (χ2n) is 8.09. The second-order valence-corrected chi connectivity index (χ2v) is 8.09. The SMILES string of the molecule is C[C@@H](CCC(=O)c1ccc2c(-c3ccc(C(F)(F)F)cc3)cccc2c1)C1CC1. The van der Waals surface area contributed by atoms with Crippen LogP contribution in [-0.4, -0.2) is 5.78 Å². The van der Waals surface area contributed by atoms with E-state index in [-0.39, 0.29) is 5.78 Å². The summed E-state index contributed by atoms with van der Waals surface area (Å²) in [6.45, 7) is 2.22. The van der Waals surface area contributed by atoms with Crippen LogP contribution in [-0.2, 0) is 6.18 Å². The summed E-state index contributed by atoms with van der Waals surface area (Å²) < 4.78 is 38.5. The van der Waals surface area contributed by atoms with Gasteiger partial charge in [0.05, 0.1) is 5.56 Å². The van der Waals surface area contributed by atoms with Crippen LogP contribution in [0.15, 0.2) is 60.7 Å². The Labute approximate surface area is 168 Å². The fourth-order valence-corrected chi connectivity index (χ4v) is 3.95. The maximum atomic E-state index is 12.8. The van der Waals surface area contributed by atoms with E-state index in [1.807, 2.05) is 36.4 Å². The van der Waals surface area contributed by atoms with Gasteiger partial charge in [0.1, 0.15) is 0 Å². The Kier molecular flexibility index (Phi) is 5.20. The topological polar surface area (TPSA) is 17.1 Å². The molecule has 29 heavy (non-hydrogen) atoms. The number of benzene rings is 3. The fraction of sp³-hybridized carbons (Fsp3) is 0.320. The summed E-state index contributed by atoms with van der Waals surface area (Å²) in [7, 11) is 0. The van der Waals surface area contributed by atoms with Crippen LogP contribution in [0.4, 0.5) is 13.2 Å². The summed E-state index contributed by atoms with van der Waals surface area (Å²) in [5, 5.41) is 1.85. The van der Waals surface area contributed by atoms with Gasteiger partial charge in [0.2, 0.25) is 0 Å². The number of rotatable bonds is 6. The molecule has 4 heteroatoms. The maximum Gasteiger partial charge on any atom is 0.416 e. The number of carbonyl (C=O) groups is 1. The van der Waals surface area contributed by atoms with E-state index in [0.29, 0.717) is 17.9 Å². The van der Waals surface area contributed by atoms with Crippen LogP contribution < -0.4 is 0 Å². The van der Waals surface area contributed by atoms with E-state index in [2.05, 4.69) is 6.92 Å². The third-order valence-corrected chi connectivity index (χ3v) is 5.98. The standard InChI is InChI=1S/C25H23F3O/c1-16(17-6-7-17)5-14-24(29)20-10-13-23-19(15-20)3-2-4-22(23)18-8-11-21(12-9-18)25(26,27)28/h2-4,8-13,15-17H,5-7,14H2,1H3/t16-/m0/s1. The largest absolute Gasteiger partial charge is 0.416 e. The van der Waals surface area contributed by atoms with Crippen molar-refractivity contribution in [2.45, 2.75) is 38.8 Å². The Morgan fingerprint density at radius 3 is 2.41 bits per heavy atom. The van der Waals surface area contributed by atoms with Crippen molar-refractivity contribution in [1.82, 2.24) is 0 Å². The lowest BCUT2D eigenvalue weighted by Crippen LogP contribution is -2.04. The molecule has 0 N–H and O–H groups in total. The first kappa shape index (κ1) is 19.7. The van der Waals surface area contributed by atoms with Gasteiger partial charge in [-0.05, 0) is 71.2 Å². The van der Waals surface area contributed by atoms with Crippen molar-refractivity contribution >= 4 is 16.6 Å². The molecule has 0 amide bonds. The third-order valence-electron chi connectivity index (χ3n) is 5.98. The number of alkyl halides is 3. The molecule has 1 nitrogen and oxygen atoms in total. The van der Waals surface area contributed by atoms with Gasteiger partial charge in [-0.15, -0.1) is 0 Å². The van der Waals surface area contributed by atoms with Crippen molar-refractivity contribution < 1.29 is 18.0 Å². The highest BCUT2D eigenvalue weighted by atomic mass is 19.4. The van der Waals surface area contributed by atoms with Crippen molar-refractivity contribution in [1.29, 1.82) is 0 Å². The van der Waals surface area contributed by atoms with Crippen LogP contribution in [0.5, 0.6) is 0 Å². The van der Waals surface area contributed by atoms with Gasteiger partial charge in [-0.2, -0.15) is 13.2 Å². The molecular weight excluding hydrogens is 373 g/mol. The monoisotopic (exact) mass is 396 g/mol. The molecule has 3 aromatic carbocycles. The van der Waals surface area contributed by atoms with Gasteiger partial charge in [0.25, 0.3) is 0 Å². The number of fused-ring (bicyclic) bond motifs is 1. The van der Waals surface area contributed by atoms with Crippen molar-refractivity contribution in [2.75, 3.05) is 0 Å². The molecule has 0 saturated heterocycles. The molecule has 0 aliphatic heterocycles. The van der Waals surface area contributed by atoms with Crippen LogP contribution in [0.25, 0.3) is 21.9 Å². The quantitative estimate of drug-likeness (QED) is 0.394. The van der Waals surface area contributed by atoms with E-state index in [0.717, 1.165) is 46.4 Å². The summed E-state index contributed by atoms with van der Waals surface area (Å²) >= 11 is 0. The Balaban J connectivity index is 1.58. The number of hydrogen-bond acceptors (Lipinski definition) is 1. The molecule has 150 valence electrons. The molecule has 0 unspecified atom stereocenters. The van der Waals surface area contributed by atoms with E-state index in [4.69, 9.17) is 0 Å². The van der Waals surface area contributed by atoms with Crippen molar-refractivity contribution in [3.05, 3.63) is 71.8 Å². The van der Waals surface area contributed by atoms with Gasteiger partial charge in [-0.1, -0.05) is 49.4 Å². The van der Waals surface area contributed by atoms with Gasteiger partial charge >= 0.3 is 6.18 Å². The minimum Gasteiger partial charge on any atom is -0.294 e. The highest BCUT2D eigenvalue weighted by Gasteiger charge is 2.30. The molecule has 1 atom stereocenters. The maximum absolute atomic E-state index is 12.8. The molecule has 0 aromatic heterocycles. The molecule has 3 aromatic rings. The number of hydrogen-bond donors (Lipinski definition) is 0. The van der Waals surface area contributed by atoms with Crippen LogP contribution >= 0.6 is 0 Å². The molecule has 0 radical (unpaired) electrons. The van der Waals surface area contributed by atoms with E-state index >= 15 is 0 Å². The van der Waals surface area contributed by atoms with Gasteiger partial charge < -0.3 is 0 Å². The number of ketones is 1. The molecule has 0 spiro atoms. The first-order chi connectivity index (χ1) is 13.8. The number of Topliss-reactive ketones (excluding diaryl/α,β-unsaturated/α-hetero) is 1. The minimum atomic E-state index is -4.34. The van der Waals surface area contributed by atoms with E-state index in [1.54, 1.807) is 0 Å². The lowest BCUT2D eigenvalue weighted by atomic mass is 9.93. The summed E-state index contributed by atoms with van der Waals surface area (Å²) in [5.74, 6) is 1.55. The second kappa shape index (κ2) is 7.66. The third kappa shape index (κ3) is 4.36. The first-order valence-electron chi connectivity index (χ1n) is 10.1. The Morgan fingerprint density at radius 1 is 1.03 bits per heavy atom. The van der Waals surface area contributed by atoms with Crippen LogP contribution in [0, 0.1) is 11.8 Å². The summed E-state index contributed by atoms with van der Waals surface area (Å²) in [6.07, 6.45) is -0.283. The normalized spacial score (nSPS) is 15.4. The molecular formula is C25H23F3O. The summed E-state index contributed by atoms with van der Waals surface area (Å²) in [4.78, 5) is 12.6. The zero-order valence-corrected chi connectivity index (χ0v) is 16.3. The highest BCUT2D eigenvalue weighted by molar-refractivity contribution is 6.03. The molecule has 1 aliphatic carbocycles. The van der Waals surface area contributed by atoms with E-state index in [9.17, 15) is 18.0 Å². The predicted octanol–water partition coefficient (Wildman–Crippen LogP) is 7.53.